The first kappa shape index (κ1) is 21.3. The number of anilines is 2. The second kappa shape index (κ2) is 9.80. The van der Waals surface area contributed by atoms with Crippen LogP contribution in [0.4, 0.5) is 11.4 Å². The van der Waals surface area contributed by atoms with E-state index < -0.39 is 0 Å². The van der Waals surface area contributed by atoms with Crippen molar-refractivity contribution in [3.8, 4) is 11.5 Å². The Hall–Kier alpha value is -2.99. The Morgan fingerprint density at radius 2 is 1.86 bits per heavy atom. The number of hydrogen-bond acceptors (Lipinski definition) is 4. The van der Waals surface area contributed by atoms with Gasteiger partial charge in [-0.15, -0.1) is 0 Å². The predicted octanol–water partition coefficient (Wildman–Crippen LogP) is 4.67. The van der Waals surface area contributed by atoms with Crippen molar-refractivity contribution in [3.63, 3.8) is 0 Å². The molecule has 28 heavy (non-hydrogen) atoms. The molecule has 0 aliphatic heterocycles. The molecule has 0 aromatic heterocycles. The number of rotatable bonds is 7. The molecule has 2 aromatic rings. The highest BCUT2D eigenvalue weighted by Gasteiger charge is 2.11. The van der Waals surface area contributed by atoms with E-state index in [-0.39, 0.29) is 11.8 Å². The van der Waals surface area contributed by atoms with Gasteiger partial charge in [0.25, 0.3) is 0 Å². The molecule has 0 spiro atoms. The highest BCUT2D eigenvalue weighted by molar-refractivity contribution is 6.32. The smallest absolute Gasteiger partial charge is 0.248 e. The molecule has 0 fully saturated rings. The number of methoxy groups -OCH3 is 1. The van der Waals surface area contributed by atoms with E-state index in [1.54, 1.807) is 36.4 Å². The number of nitrogens with one attached hydrogen (secondary N) is 2. The van der Waals surface area contributed by atoms with E-state index in [0.29, 0.717) is 40.1 Å². The number of hydrogen-bond donors (Lipinski definition) is 2. The second-order valence-electron chi connectivity index (χ2n) is 5.95. The average Bonchev–Trinajstić information content (AvgIpc) is 2.63. The van der Waals surface area contributed by atoms with Gasteiger partial charge >= 0.3 is 0 Å². The van der Waals surface area contributed by atoms with Crippen molar-refractivity contribution in [2.75, 3.05) is 24.4 Å². The van der Waals surface area contributed by atoms with Gasteiger partial charge in [-0.25, -0.2) is 0 Å². The number of amides is 2. The van der Waals surface area contributed by atoms with Gasteiger partial charge < -0.3 is 20.1 Å². The van der Waals surface area contributed by atoms with E-state index in [1.807, 2.05) is 13.8 Å². The summed E-state index contributed by atoms with van der Waals surface area (Å²) in [6.07, 6.45) is 3.04. The maximum atomic E-state index is 12.3. The topological polar surface area (TPSA) is 76.7 Å². The first-order valence-electron chi connectivity index (χ1n) is 8.72. The van der Waals surface area contributed by atoms with Crippen LogP contribution in [0.1, 0.15) is 25.0 Å². The second-order valence-corrected chi connectivity index (χ2v) is 6.36. The van der Waals surface area contributed by atoms with Crippen LogP contribution in [-0.4, -0.2) is 25.5 Å². The van der Waals surface area contributed by atoms with Gasteiger partial charge in [-0.05, 0) is 55.3 Å². The third kappa shape index (κ3) is 5.50. The molecule has 7 heteroatoms. The van der Waals surface area contributed by atoms with E-state index >= 15 is 0 Å². The molecule has 2 N–H and O–H groups in total. The number of carbonyl (C=O) groups is 2. The van der Waals surface area contributed by atoms with Crippen LogP contribution in [-0.2, 0) is 9.59 Å². The normalized spacial score (nSPS) is 10.6. The lowest BCUT2D eigenvalue weighted by Crippen LogP contribution is -2.12. The maximum absolute atomic E-state index is 12.3. The molecular formula is C21H23ClN2O4. The Bertz CT molecular complexity index is 910. The zero-order valence-electron chi connectivity index (χ0n) is 16.3. The Kier molecular flexibility index (Phi) is 7.46. The summed E-state index contributed by atoms with van der Waals surface area (Å²) in [6.45, 7) is 5.58. The van der Waals surface area contributed by atoms with Crippen molar-refractivity contribution < 1.29 is 19.1 Å². The summed E-state index contributed by atoms with van der Waals surface area (Å²) in [5.41, 5.74) is 2.74. The minimum Gasteiger partial charge on any atom is -0.491 e. The van der Waals surface area contributed by atoms with Crippen LogP contribution in [0.5, 0.6) is 11.5 Å². The monoisotopic (exact) mass is 402 g/mol. The average molecular weight is 403 g/mol. The fourth-order valence-electron chi connectivity index (χ4n) is 2.59. The molecule has 6 nitrogen and oxygen atoms in total. The summed E-state index contributed by atoms with van der Waals surface area (Å²) in [5, 5.41) is 5.93. The van der Waals surface area contributed by atoms with Crippen LogP contribution in [0.15, 0.2) is 36.4 Å². The third-order valence-corrected chi connectivity index (χ3v) is 4.15. The Labute approximate surface area is 169 Å². The molecule has 0 bridgehead atoms. The first-order valence-corrected chi connectivity index (χ1v) is 9.10. The van der Waals surface area contributed by atoms with Crippen LogP contribution < -0.4 is 20.1 Å². The fourth-order valence-corrected chi connectivity index (χ4v) is 2.88. The molecule has 0 saturated heterocycles. The number of benzene rings is 2. The lowest BCUT2D eigenvalue weighted by Gasteiger charge is -2.12. The van der Waals surface area contributed by atoms with Crippen LogP contribution in [0.3, 0.4) is 0 Å². The zero-order chi connectivity index (χ0) is 20.7. The van der Waals surface area contributed by atoms with Crippen LogP contribution >= 0.6 is 11.6 Å². The number of carbonyl (C=O) groups excluding carboxylic acids is 2. The third-order valence-electron chi connectivity index (χ3n) is 3.87. The molecule has 0 aliphatic carbocycles. The standard InChI is InChI=1S/C21H23ClN2O4/c1-5-28-19-12-15(11-16(22)21(19)27-4)9-10-20(26)24-18-8-6-7-17(13(18)2)23-14(3)25/h6-12H,5H2,1-4H3,(H,23,25)(H,24,26)/b10-9+. The molecule has 0 aliphatic rings. The summed E-state index contributed by atoms with van der Waals surface area (Å²) in [6, 6.07) is 8.74. The highest BCUT2D eigenvalue weighted by atomic mass is 35.5. The minimum atomic E-state index is -0.312. The molecule has 0 saturated carbocycles. The highest BCUT2D eigenvalue weighted by Crippen LogP contribution is 2.36. The molecule has 2 amide bonds. The van der Waals surface area contributed by atoms with Crippen molar-refractivity contribution >= 4 is 40.9 Å². The Morgan fingerprint density at radius 3 is 2.46 bits per heavy atom. The molecule has 0 heterocycles. The SMILES string of the molecule is CCOc1cc(/C=C/C(=O)Nc2cccc(NC(C)=O)c2C)cc(Cl)c1OC. The van der Waals surface area contributed by atoms with Gasteiger partial charge in [-0.3, -0.25) is 9.59 Å². The van der Waals surface area contributed by atoms with E-state index in [2.05, 4.69) is 10.6 Å². The van der Waals surface area contributed by atoms with Gasteiger partial charge in [0.2, 0.25) is 11.8 Å². The molecule has 0 unspecified atom stereocenters. The van der Waals surface area contributed by atoms with E-state index in [9.17, 15) is 9.59 Å². The Morgan fingerprint density at radius 1 is 1.18 bits per heavy atom. The summed E-state index contributed by atoms with van der Waals surface area (Å²) >= 11 is 6.22. The summed E-state index contributed by atoms with van der Waals surface area (Å²) < 4.78 is 10.8. The fraction of sp³-hybridized carbons (Fsp3) is 0.238. The molecule has 2 rings (SSSR count). The lowest BCUT2D eigenvalue weighted by molar-refractivity contribution is -0.114. The summed E-state index contributed by atoms with van der Waals surface area (Å²) in [5.74, 6) is 0.480. The summed E-state index contributed by atoms with van der Waals surface area (Å²) in [7, 11) is 1.52. The van der Waals surface area contributed by atoms with Gasteiger partial charge in [0.05, 0.1) is 18.7 Å². The van der Waals surface area contributed by atoms with Crippen LogP contribution in [0.2, 0.25) is 5.02 Å². The first-order chi connectivity index (χ1) is 13.3. The minimum absolute atomic E-state index is 0.173. The molecule has 148 valence electrons. The van der Waals surface area contributed by atoms with Gasteiger partial charge in [0.15, 0.2) is 11.5 Å². The lowest BCUT2D eigenvalue weighted by atomic mass is 10.1. The zero-order valence-corrected chi connectivity index (χ0v) is 17.0. The molecular weight excluding hydrogens is 380 g/mol. The predicted molar refractivity (Wildman–Crippen MR) is 112 cm³/mol. The van der Waals surface area contributed by atoms with Gasteiger partial charge in [0, 0.05) is 24.4 Å². The largest absolute Gasteiger partial charge is 0.491 e. The quantitative estimate of drug-likeness (QED) is 0.660. The van der Waals surface area contributed by atoms with E-state index in [0.717, 1.165) is 5.56 Å². The van der Waals surface area contributed by atoms with Crippen molar-refractivity contribution in [1.82, 2.24) is 0 Å². The number of halogens is 1. The molecule has 0 radical (unpaired) electrons. The van der Waals surface area contributed by atoms with E-state index in [1.165, 1.54) is 20.1 Å². The van der Waals surface area contributed by atoms with Crippen molar-refractivity contribution in [2.24, 2.45) is 0 Å². The van der Waals surface area contributed by atoms with Crippen LogP contribution in [0.25, 0.3) is 6.08 Å². The molecule has 0 atom stereocenters. The van der Waals surface area contributed by atoms with E-state index in [4.69, 9.17) is 21.1 Å². The Balaban J connectivity index is 2.17. The molecule has 2 aromatic carbocycles. The van der Waals surface area contributed by atoms with Gasteiger partial charge in [-0.2, -0.15) is 0 Å². The van der Waals surface area contributed by atoms with Crippen molar-refractivity contribution in [1.29, 1.82) is 0 Å². The number of ether oxygens (including phenoxy) is 2. The van der Waals surface area contributed by atoms with Gasteiger partial charge in [0.1, 0.15) is 0 Å². The van der Waals surface area contributed by atoms with Gasteiger partial charge in [-0.1, -0.05) is 17.7 Å². The van der Waals surface area contributed by atoms with Crippen molar-refractivity contribution in [2.45, 2.75) is 20.8 Å². The van der Waals surface area contributed by atoms with Crippen LogP contribution in [0, 0.1) is 6.92 Å². The maximum Gasteiger partial charge on any atom is 0.248 e. The summed E-state index contributed by atoms with van der Waals surface area (Å²) in [4.78, 5) is 23.6. The van der Waals surface area contributed by atoms with Crippen molar-refractivity contribution in [3.05, 3.63) is 52.6 Å².